The van der Waals surface area contributed by atoms with E-state index in [2.05, 4.69) is 36.5 Å². The van der Waals surface area contributed by atoms with Gasteiger partial charge in [0.2, 0.25) is 5.95 Å². The number of rotatable bonds is 6. The SMILES string of the molecule is COc1ccc(N2C(=O)[C@@H](C)N(C3CCC(OC)CC3)c3nc(Nc4cnc5[nH]ncc5c4)ncc32)cc1C#N. The maximum absolute atomic E-state index is 13.9. The molecule has 1 aliphatic carbocycles. The van der Waals surface area contributed by atoms with Gasteiger partial charge in [-0.25, -0.2) is 9.97 Å². The Morgan fingerprint density at radius 1 is 1.10 bits per heavy atom. The van der Waals surface area contributed by atoms with Crippen LogP contribution in [0.15, 0.2) is 42.9 Å². The van der Waals surface area contributed by atoms with Gasteiger partial charge in [0.05, 0.1) is 48.7 Å². The molecule has 0 radical (unpaired) electrons. The number of fused-ring (bicyclic) bond motifs is 2. The van der Waals surface area contributed by atoms with Crippen molar-refractivity contribution in [3.8, 4) is 11.8 Å². The fourth-order valence-electron chi connectivity index (χ4n) is 5.65. The Hall–Kier alpha value is -4.76. The van der Waals surface area contributed by atoms with E-state index in [1.165, 1.54) is 7.11 Å². The number of aromatic nitrogens is 5. The van der Waals surface area contributed by atoms with E-state index in [9.17, 15) is 10.1 Å². The first-order valence-electron chi connectivity index (χ1n) is 13.2. The van der Waals surface area contributed by atoms with Crippen LogP contribution in [0.1, 0.15) is 38.2 Å². The van der Waals surface area contributed by atoms with Gasteiger partial charge in [-0.15, -0.1) is 0 Å². The second-order valence-corrected chi connectivity index (χ2v) is 9.98. The average Bonchev–Trinajstić information content (AvgIpc) is 3.46. The van der Waals surface area contributed by atoms with Gasteiger partial charge in [0.1, 0.15) is 23.5 Å². The van der Waals surface area contributed by atoms with Crippen molar-refractivity contribution < 1.29 is 14.3 Å². The molecule has 2 aliphatic rings. The summed E-state index contributed by atoms with van der Waals surface area (Å²) in [5.74, 6) is 1.36. The first kappa shape index (κ1) is 25.5. The number of carbonyl (C=O) groups is 1. The fraction of sp³-hybridized carbons (Fsp3) is 0.357. The van der Waals surface area contributed by atoms with E-state index in [0.29, 0.717) is 45.8 Å². The monoisotopic (exact) mass is 539 g/mol. The number of amides is 1. The van der Waals surface area contributed by atoms with Gasteiger partial charge in [0, 0.05) is 18.5 Å². The first-order valence-corrected chi connectivity index (χ1v) is 13.2. The highest BCUT2D eigenvalue weighted by atomic mass is 16.5. The summed E-state index contributed by atoms with van der Waals surface area (Å²) in [7, 11) is 3.26. The molecule has 6 rings (SSSR count). The standard InChI is InChI=1S/C28H29N9O3/c1-16-27(38)37(21-6-9-24(40-3)17(11-21)12-29)23-15-31-28(33-19-10-18-13-32-35-25(18)30-14-19)34-26(23)36(16)20-4-7-22(39-2)8-5-20/h6,9-11,13-16,20,22H,4-5,7-8H2,1-3H3,(H,30,32,35)(H,31,33,34)/t16-,20?,22?/m1/s1. The second kappa shape index (κ2) is 10.4. The largest absolute Gasteiger partial charge is 0.495 e. The summed E-state index contributed by atoms with van der Waals surface area (Å²) >= 11 is 0. The highest BCUT2D eigenvalue weighted by Crippen LogP contribution is 2.43. The van der Waals surface area contributed by atoms with Crippen molar-refractivity contribution >= 4 is 45.8 Å². The number of benzene rings is 1. The zero-order chi connectivity index (χ0) is 27.8. The molecule has 3 aromatic heterocycles. The van der Waals surface area contributed by atoms with Crippen LogP contribution in [0.2, 0.25) is 0 Å². The third kappa shape index (κ3) is 4.44. The Morgan fingerprint density at radius 2 is 1.93 bits per heavy atom. The summed E-state index contributed by atoms with van der Waals surface area (Å²) < 4.78 is 10.9. The molecule has 0 spiro atoms. The van der Waals surface area contributed by atoms with Crippen molar-refractivity contribution in [1.29, 1.82) is 5.26 Å². The molecular weight excluding hydrogens is 510 g/mol. The molecule has 0 unspecified atom stereocenters. The van der Waals surface area contributed by atoms with Crippen LogP contribution in [-0.2, 0) is 9.53 Å². The van der Waals surface area contributed by atoms with Crippen molar-refractivity contribution in [2.45, 2.75) is 50.8 Å². The number of methoxy groups -OCH3 is 2. The van der Waals surface area contributed by atoms with Gasteiger partial charge in [0.15, 0.2) is 11.5 Å². The van der Waals surface area contributed by atoms with Crippen molar-refractivity contribution in [3.05, 3.63) is 48.4 Å². The predicted molar refractivity (Wildman–Crippen MR) is 149 cm³/mol. The van der Waals surface area contributed by atoms with E-state index in [1.54, 1.807) is 48.8 Å². The number of anilines is 5. The van der Waals surface area contributed by atoms with Crippen LogP contribution in [0.3, 0.4) is 0 Å². The minimum atomic E-state index is -0.490. The molecule has 2 N–H and O–H groups in total. The molecule has 12 heteroatoms. The number of nitrogens with zero attached hydrogens (tertiary/aromatic N) is 7. The molecule has 4 heterocycles. The van der Waals surface area contributed by atoms with E-state index in [-0.39, 0.29) is 18.1 Å². The number of carbonyl (C=O) groups excluding carboxylic acids is 1. The van der Waals surface area contributed by atoms with Gasteiger partial charge in [-0.2, -0.15) is 15.3 Å². The highest BCUT2D eigenvalue weighted by Gasteiger charge is 2.42. The summed E-state index contributed by atoms with van der Waals surface area (Å²) in [5.41, 5.74) is 2.85. The lowest BCUT2D eigenvalue weighted by molar-refractivity contribution is -0.119. The van der Waals surface area contributed by atoms with E-state index < -0.39 is 6.04 Å². The molecule has 0 saturated heterocycles. The Labute approximate surface area is 231 Å². The topological polar surface area (TPSA) is 145 Å². The van der Waals surface area contributed by atoms with Crippen molar-refractivity contribution in [3.63, 3.8) is 0 Å². The summed E-state index contributed by atoms with van der Waals surface area (Å²) in [4.78, 5) is 31.6. The van der Waals surface area contributed by atoms with Crippen molar-refractivity contribution in [2.24, 2.45) is 0 Å². The lowest BCUT2D eigenvalue weighted by Crippen LogP contribution is -2.55. The number of nitriles is 1. The lowest BCUT2D eigenvalue weighted by atomic mass is 9.90. The lowest BCUT2D eigenvalue weighted by Gasteiger charge is -2.46. The van der Waals surface area contributed by atoms with E-state index in [0.717, 1.165) is 31.1 Å². The third-order valence-corrected chi connectivity index (χ3v) is 7.71. The summed E-state index contributed by atoms with van der Waals surface area (Å²) in [5, 5.41) is 20.7. The Balaban J connectivity index is 1.42. The highest BCUT2D eigenvalue weighted by molar-refractivity contribution is 6.10. The molecule has 4 aromatic rings. The molecule has 40 heavy (non-hydrogen) atoms. The molecule has 0 bridgehead atoms. The molecule has 1 amide bonds. The van der Waals surface area contributed by atoms with E-state index in [4.69, 9.17) is 14.5 Å². The predicted octanol–water partition coefficient (Wildman–Crippen LogP) is 4.20. The molecule has 1 atom stereocenters. The minimum Gasteiger partial charge on any atom is -0.495 e. The number of ether oxygens (including phenoxy) is 2. The van der Waals surface area contributed by atoms with Gasteiger partial charge >= 0.3 is 0 Å². The van der Waals surface area contributed by atoms with Crippen LogP contribution < -0.4 is 19.9 Å². The number of hydrogen-bond donors (Lipinski definition) is 2. The molecule has 1 fully saturated rings. The van der Waals surface area contributed by atoms with Crippen LogP contribution in [0.25, 0.3) is 11.0 Å². The van der Waals surface area contributed by atoms with Crippen LogP contribution >= 0.6 is 0 Å². The van der Waals surface area contributed by atoms with Crippen molar-refractivity contribution in [2.75, 3.05) is 29.3 Å². The first-order chi connectivity index (χ1) is 19.5. The number of nitrogens with one attached hydrogen (secondary N) is 2. The second-order valence-electron chi connectivity index (χ2n) is 9.98. The molecular formula is C28H29N9O3. The van der Waals surface area contributed by atoms with Crippen molar-refractivity contribution in [1.82, 2.24) is 25.1 Å². The Bertz CT molecular complexity index is 1610. The zero-order valence-corrected chi connectivity index (χ0v) is 22.5. The average molecular weight is 540 g/mol. The van der Waals surface area contributed by atoms with Crippen LogP contribution in [0.4, 0.5) is 28.8 Å². The smallest absolute Gasteiger partial charge is 0.254 e. The molecule has 1 aliphatic heterocycles. The third-order valence-electron chi connectivity index (χ3n) is 7.71. The maximum Gasteiger partial charge on any atom is 0.254 e. The Morgan fingerprint density at radius 3 is 2.67 bits per heavy atom. The van der Waals surface area contributed by atoms with Crippen LogP contribution in [0.5, 0.6) is 5.75 Å². The van der Waals surface area contributed by atoms with E-state index >= 15 is 0 Å². The van der Waals surface area contributed by atoms with Gasteiger partial charge in [0.25, 0.3) is 5.91 Å². The maximum atomic E-state index is 13.9. The van der Waals surface area contributed by atoms with E-state index in [1.807, 2.05) is 13.0 Å². The number of aromatic amines is 1. The fourth-order valence-corrected chi connectivity index (χ4v) is 5.65. The normalized spacial score (nSPS) is 20.8. The number of H-pyrrole nitrogens is 1. The van der Waals surface area contributed by atoms with Crippen LogP contribution in [0, 0.1) is 11.3 Å². The van der Waals surface area contributed by atoms with Gasteiger partial charge in [-0.1, -0.05) is 0 Å². The molecule has 12 nitrogen and oxygen atoms in total. The molecule has 1 aromatic carbocycles. The van der Waals surface area contributed by atoms with Crippen LogP contribution in [-0.4, -0.2) is 63.5 Å². The summed E-state index contributed by atoms with van der Waals surface area (Å²) in [6.07, 6.45) is 8.85. The molecule has 204 valence electrons. The van der Waals surface area contributed by atoms with Gasteiger partial charge in [-0.05, 0) is 56.9 Å². The Kier molecular flexibility index (Phi) is 6.65. The summed E-state index contributed by atoms with van der Waals surface area (Å²) in [6.45, 7) is 1.90. The minimum absolute atomic E-state index is 0.114. The quantitative estimate of drug-likeness (QED) is 0.365. The number of pyridine rings is 1. The zero-order valence-electron chi connectivity index (χ0n) is 22.5. The molecule has 1 saturated carbocycles. The van der Waals surface area contributed by atoms with Gasteiger partial charge < -0.3 is 19.7 Å². The number of hydrogen-bond acceptors (Lipinski definition) is 10. The summed E-state index contributed by atoms with van der Waals surface area (Å²) in [6, 6.07) is 8.81. The van der Waals surface area contributed by atoms with Gasteiger partial charge in [-0.3, -0.25) is 14.8 Å².